The number of alkyl halides is 2. The molecule has 2 aromatic carbocycles. The summed E-state index contributed by atoms with van der Waals surface area (Å²) in [5.41, 5.74) is 0.947. The second-order valence-corrected chi connectivity index (χ2v) is 8.83. The van der Waals surface area contributed by atoms with Crippen LogP contribution < -0.4 is 14.8 Å². The number of methoxy groups -OCH3 is 1. The zero-order valence-corrected chi connectivity index (χ0v) is 18.3. The van der Waals surface area contributed by atoms with Crippen molar-refractivity contribution in [2.75, 3.05) is 21.2 Å². The van der Waals surface area contributed by atoms with Crippen molar-refractivity contribution in [1.82, 2.24) is 9.62 Å². The number of rotatable bonds is 9. The fraction of sp³-hybridized carbons (Fsp3) is 0.286. The maximum atomic E-state index is 12.7. The first-order valence-corrected chi connectivity index (χ1v) is 10.6. The third kappa shape index (κ3) is 6.25. The lowest BCUT2D eigenvalue weighted by Crippen LogP contribution is -2.25. The second kappa shape index (κ2) is 10.4. The van der Waals surface area contributed by atoms with E-state index < -0.39 is 28.6 Å². The van der Waals surface area contributed by atoms with Gasteiger partial charge in [-0.25, -0.2) is 12.7 Å². The van der Waals surface area contributed by atoms with Crippen LogP contribution in [-0.2, 0) is 14.8 Å². The zero-order chi connectivity index (χ0) is 23.2. The highest BCUT2D eigenvalue weighted by Crippen LogP contribution is 2.33. The number of carbonyl (C=O) groups is 1. The molecule has 0 heterocycles. The van der Waals surface area contributed by atoms with E-state index in [4.69, 9.17) is 4.74 Å². The predicted molar refractivity (Wildman–Crippen MR) is 113 cm³/mol. The van der Waals surface area contributed by atoms with E-state index in [0.29, 0.717) is 5.56 Å². The van der Waals surface area contributed by atoms with E-state index in [9.17, 15) is 22.0 Å². The second-order valence-electron chi connectivity index (χ2n) is 6.68. The number of carbonyl (C=O) groups excluding carboxylic acids is 1. The number of hydrogen-bond donors (Lipinski definition) is 1. The van der Waals surface area contributed by atoms with Crippen LogP contribution in [0.4, 0.5) is 8.78 Å². The Bertz CT molecular complexity index is 1040. The molecule has 2 rings (SSSR count). The molecule has 1 unspecified atom stereocenters. The molecule has 1 N–H and O–H groups in total. The number of nitrogens with one attached hydrogen (secondary N) is 1. The average Bonchev–Trinajstić information content (AvgIpc) is 2.72. The monoisotopic (exact) mass is 454 g/mol. The Morgan fingerprint density at radius 3 is 2.32 bits per heavy atom. The van der Waals surface area contributed by atoms with Gasteiger partial charge in [-0.05, 0) is 36.8 Å². The van der Waals surface area contributed by atoms with Crippen LogP contribution in [0.25, 0.3) is 6.08 Å². The molecule has 0 saturated heterocycles. The Balaban J connectivity index is 2.12. The summed E-state index contributed by atoms with van der Waals surface area (Å²) < 4.78 is 60.3. The van der Waals surface area contributed by atoms with Gasteiger partial charge in [0.25, 0.3) is 0 Å². The number of benzene rings is 2. The van der Waals surface area contributed by atoms with Crippen molar-refractivity contribution in [2.45, 2.75) is 24.5 Å². The summed E-state index contributed by atoms with van der Waals surface area (Å²) in [5.74, 6) is -0.526. The number of para-hydroxylation sites is 1. The van der Waals surface area contributed by atoms with Gasteiger partial charge in [-0.2, -0.15) is 8.78 Å². The summed E-state index contributed by atoms with van der Waals surface area (Å²) in [6.45, 7) is -1.31. The smallest absolute Gasteiger partial charge is 0.387 e. The van der Waals surface area contributed by atoms with E-state index in [-0.39, 0.29) is 22.0 Å². The maximum absolute atomic E-state index is 12.7. The van der Waals surface area contributed by atoms with Crippen LogP contribution in [0.5, 0.6) is 11.5 Å². The summed E-state index contributed by atoms with van der Waals surface area (Å²) in [6.07, 6.45) is 2.53. The highest BCUT2D eigenvalue weighted by molar-refractivity contribution is 7.89. The molecule has 0 aliphatic carbocycles. The predicted octanol–water partition coefficient (Wildman–Crippen LogP) is 3.44. The van der Waals surface area contributed by atoms with Gasteiger partial charge in [-0.15, -0.1) is 0 Å². The van der Waals surface area contributed by atoms with E-state index in [0.717, 1.165) is 4.31 Å². The van der Waals surface area contributed by atoms with Crippen molar-refractivity contribution in [3.63, 3.8) is 0 Å². The summed E-state index contributed by atoms with van der Waals surface area (Å²) in [4.78, 5) is 12.4. The summed E-state index contributed by atoms with van der Waals surface area (Å²) >= 11 is 0. The lowest BCUT2D eigenvalue weighted by Gasteiger charge is -2.15. The molecule has 0 spiro atoms. The third-order valence-corrected chi connectivity index (χ3v) is 6.20. The Hall–Kier alpha value is -2.98. The molecule has 0 radical (unpaired) electrons. The highest BCUT2D eigenvalue weighted by atomic mass is 32.2. The molecule has 10 heteroatoms. The molecule has 168 valence electrons. The van der Waals surface area contributed by atoms with Crippen LogP contribution in [0.2, 0.25) is 0 Å². The number of nitrogens with zero attached hydrogens (tertiary/aromatic N) is 1. The van der Waals surface area contributed by atoms with Crippen molar-refractivity contribution in [2.24, 2.45) is 0 Å². The van der Waals surface area contributed by atoms with E-state index in [2.05, 4.69) is 10.1 Å². The molecule has 7 nitrogen and oxygen atoms in total. The van der Waals surface area contributed by atoms with E-state index in [1.54, 1.807) is 25.1 Å². The number of amides is 1. The number of sulfonamides is 1. The van der Waals surface area contributed by atoms with Crippen LogP contribution in [0.3, 0.4) is 0 Å². The first kappa shape index (κ1) is 24.3. The summed E-state index contributed by atoms with van der Waals surface area (Å²) in [7, 11) is 0.669. The van der Waals surface area contributed by atoms with Gasteiger partial charge < -0.3 is 14.8 Å². The van der Waals surface area contributed by atoms with Gasteiger partial charge in [0.1, 0.15) is 0 Å². The fourth-order valence-electron chi connectivity index (χ4n) is 2.69. The first-order chi connectivity index (χ1) is 14.6. The Morgan fingerprint density at radius 2 is 1.77 bits per heavy atom. The van der Waals surface area contributed by atoms with Gasteiger partial charge in [0, 0.05) is 25.7 Å². The zero-order valence-electron chi connectivity index (χ0n) is 17.5. The van der Waals surface area contributed by atoms with Gasteiger partial charge in [0.2, 0.25) is 15.9 Å². The average molecular weight is 454 g/mol. The molecular formula is C21H24F2N2O5S. The molecule has 1 amide bonds. The molecule has 31 heavy (non-hydrogen) atoms. The Kier molecular flexibility index (Phi) is 8.12. The highest BCUT2D eigenvalue weighted by Gasteiger charge is 2.18. The Labute approximate surface area is 180 Å². The van der Waals surface area contributed by atoms with Gasteiger partial charge >= 0.3 is 6.61 Å². The van der Waals surface area contributed by atoms with Crippen molar-refractivity contribution >= 4 is 22.0 Å². The molecule has 1 atom stereocenters. The maximum Gasteiger partial charge on any atom is 0.387 e. The standard InChI is InChI=1S/C21H24F2N2O5S/c1-14(15-8-11-17(12-9-15)31(27,28)25(2)3)24-19(26)13-10-16-6-5-7-18(29-4)20(16)30-21(22)23/h5-14,21H,1-4H3,(H,24,26)/b13-10+. The third-order valence-electron chi connectivity index (χ3n) is 4.37. The molecule has 0 aliphatic rings. The van der Waals surface area contributed by atoms with E-state index in [1.807, 2.05) is 0 Å². The topological polar surface area (TPSA) is 84.9 Å². The SMILES string of the molecule is COc1cccc(/C=C/C(=O)NC(C)c2ccc(S(=O)(=O)N(C)C)cc2)c1OC(F)F. The van der Waals surface area contributed by atoms with Gasteiger partial charge in [-0.1, -0.05) is 24.3 Å². The molecule has 0 bridgehead atoms. The minimum atomic E-state index is -3.54. The minimum absolute atomic E-state index is 0.115. The minimum Gasteiger partial charge on any atom is -0.493 e. The van der Waals surface area contributed by atoms with Gasteiger partial charge in [-0.3, -0.25) is 4.79 Å². The van der Waals surface area contributed by atoms with E-state index >= 15 is 0 Å². The van der Waals surface area contributed by atoms with Gasteiger partial charge in [0.15, 0.2) is 11.5 Å². The molecule has 0 aromatic heterocycles. The van der Waals surface area contributed by atoms with Crippen molar-refractivity contribution in [1.29, 1.82) is 0 Å². The quantitative estimate of drug-likeness (QED) is 0.587. The van der Waals surface area contributed by atoms with Crippen LogP contribution in [0.1, 0.15) is 24.1 Å². The first-order valence-electron chi connectivity index (χ1n) is 9.19. The van der Waals surface area contributed by atoms with Crippen LogP contribution in [0.15, 0.2) is 53.4 Å². The van der Waals surface area contributed by atoms with Crippen LogP contribution in [0, 0.1) is 0 Å². The van der Waals surface area contributed by atoms with Crippen LogP contribution in [-0.4, -0.2) is 46.4 Å². The largest absolute Gasteiger partial charge is 0.493 e. The molecule has 0 fully saturated rings. The van der Waals surface area contributed by atoms with E-state index in [1.165, 1.54) is 57.6 Å². The molecule has 0 aliphatic heterocycles. The molecule has 0 saturated carbocycles. The van der Waals surface area contributed by atoms with Crippen molar-refractivity contribution in [3.8, 4) is 11.5 Å². The number of ether oxygens (including phenoxy) is 2. The normalized spacial score (nSPS) is 12.9. The van der Waals surface area contributed by atoms with Crippen LogP contribution >= 0.6 is 0 Å². The summed E-state index contributed by atoms with van der Waals surface area (Å²) in [6, 6.07) is 10.3. The van der Waals surface area contributed by atoms with Gasteiger partial charge in [0.05, 0.1) is 18.0 Å². The Morgan fingerprint density at radius 1 is 1.13 bits per heavy atom. The number of hydrogen-bond acceptors (Lipinski definition) is 5. The molecule has 2 aromatic rings. The van der Waals surface area contributed by atoms with Crippen molar-refractivity contribution < 1.29 is 31.5 Å². The molecular weight excluding hydrogens is 430 g/mol. The summed E-state index contributed by atoms with van der Waals surface area (Å²) in [5, 5.41) is 2.73. The lowest BCUT2D eigenvalue weighted by molar-refractivity contribution is -0.117. The fourth-order valence-corrected chi connectivity index (χ4v) is 3.59. The van der Waals surface area contributed by atoms with Crippen molar-refractivity contribution in [3.05, 3.63) is 59.7 Å². The number of halogens is 2. The lowest BCUT2D eigenvalue weighted by atomic mass is 10.1.